The van der Waals surface area contributed by atoms with Gasteiger partial charge in [-0.1, -0.05) is 18.5 Å². The quantitative estimate of drug-likeness (QED) is 0.819. The Kier molecular flexibility index (Phi) is 5.00. The summed E-state index contributed by atoms with van der Waals surface area (Å²) in [4.78, 5) is 4.34. The normalized spacial score (nSPS) is 12.6. The predicted molar refractivity (Wildman–Crippen MR) is 80.0 cm³/mol. The fraction of sp³-hybridized carbons (Fsp3) is 0.400. The van der Waals surface area contributed by atoms with Crippen molar-refractivity contribution in [3.63, 3.8) is 0 Å². The van der Waals surface area contributed by atoms with Crippen LogP contribution in [0.25, 0.3) is 10.9 Å². The molecule has 4 heteroatoms. The third-order valence-corrected chi connectivity index (χ3v) is 3.47. The summed E-state index contributed by atoms with van der Waals surface area (Å²) in [6.07, 6.45) is 2.87. The van der Waals surface area contributed by atoms with Gasteiger partial charge in [-0.15, -0.1) is 0 Å². The smallest absolute Gasteiger partial charge is 0.145 e. The summed E-state index contributed by atoms with van der Waals surface area (Å²) in [7, 11) is 0. The Morgan fingerprint density at radius 3 is 3.00 bits per heavy atom. The molecule has 1 unspecified atom stereocenters. The van der Waals surface area contributed by atoms with Crippen molar-refractivity contribution in [3.8, 4) is 5.75 Å². The van der Waals surface area contributed by atoms with E-state index in [1.807, 2.05) is 24.3 Å². The van der Waals surface area contributed by atoms with Crippen LogP contribution in [0.3, 0.4) is 0 Å². The van der Waals surface area contributed by atoms with E-state index in [9.17, 15) is 0 Å². The second kappa shape index (κ2) is 6.73. The standard InChI is InChI=1S/C15H19ClN2O/c1-3-11(2)17-9-10-19-14-7-6-13(16)12-5-4-8-18-15(12)14/h4-8,11,17H,3,9-10H2,1-2H3. The Labute approximate surface area is 118 Å². The number of fused-ring (bicyclic) bond motifs is 1. The lowest BCUT2D eigenvalue weighted by Crippen LogP contribution is -2.29. The van der Waals surface area contributed by atoms with Crippen molar-refractivity contribution >= 4 is 22.5 Å². The van der Waals surface area contributed by atoms with Gasteiger partial charge in [0.1, 0.15) is 17.9 Å². The first-order valence-electron chi connectivity index (χ1n) is 6.61. The molecule has 2 rings (SSSR count). The van der Waals surface area contributed by atoms with Crippen LogP contribution in [0.15, 0.2) is 30.5 Å². The molecule has 0 fully saturated rings. The third-order valence-electron chi connectivity index (χ3n) is 3.14. The Balaban J connectivity index is 2.03. The van der Waals surface area contributed by atoms with Gasteiger partial charge in [-0.2, -0.15) is 0 Å². The zero-order chi connectivity index (χ0) is 13.7. The third kappa shape index (κ3) is 3.58. The second-order valence-corrected chi connectivity index (χ2v) is 4.96. The molecule has 0 spiro atoms. The molecule has 0 saturated carbocycles. The van der Waals surface area contributed by atoms with Crippen molar-refractivity contribution in [2.24, 2.45) is 0 Å². The minimum Gasteiger partial charge on any atom is -0.490 e. The Bertz CT molecular complexity index is 545. The molecule has 3 nitrogen and oxygen atoms in total. The number of pyridine rings is 1. The highest BCUT2D eigenvalue weighted by molar-refractivity contribution is 6.35. The molecule has 1 aromatic carbocycles. The molecule has 0 aliphatic heterocycles. The fourth-order valence-electron chi connectivity index (χ4n) is 1.84. The molecule has 1 atom stereocenters. The zero-order valence-electron chi connectivity index (χ0n) is 11.3. The van der Waals surface area contributed by atoms with Gasteiger partial charge in [0.2, 0.25) is 0 Å². The highest BCUT2D eigenvalue weighted by atomic mass is 35.5. The number of aromatic nitrogens is 1. The maximum absolute atomic E-state index is 6.14. The Morgan fingerprint density at radius 2 is 2.21 bits per heavy atom. The van der Waals surface area contributed by atoms with E-state index in [0.717, 1.165) is 29.6 Å². The summed E-state index contributed by atoms with van der Waals surface area (Å²) in [5.41, 5.74) is 0.818. The first-order chi connectivity index (χ1) is 9.22. The van der Waals surface area contributed by atoms with Gasteiger partial charge < -0.3 is 10.1 Å². The highest BCUT2D eigenvalue weighted by Crippen LogP contribution is 2.29. The van der Waals surface area contributed by atoms with Crippen LogP contribution in [0.2, 0.25) is 5.02 Å². The molecular weight excluding hydrogens is 260 g/mol. The van der Waals surface area contributed by atoms with E-state index >= 15 is 0 Å². The number of rotatable bonds is 6. The van der Waals surface area contributed by atoms with Crippen molar-refractivity contribution in [3.05, 3.63) is 35.5 Å². The molecule has 0 bridgehead atoms. The summed E-state index contributed by atoms with van der Waals surface area (Å²) in [6.45, 7) is 5.78. The molecule has 2 aromatic rings. The first-order valence-corrected chi connectivity index (χ1v) is 6.99. The highest BCUT2D eigenvalue weighted by Gasteiger charge is 2.06. The first kappa shape index (κ1) is 14.1. The van der Waals surface area contributed by atoms with Crippen LogP contribution in [0, 0.1) is 0 Å². The molecule has 0 amide bonds. The maximum Gasteiger partial charge on any atom is 0.145 e. The van der Waals surface area contributed by atoms with Crippen molar-refractivity contribution in [2.45, 2.75) is 26.3 Å². The number of hydrogen-bond acceptors (Lipinski definition) is 3. The molecule has 0 aliphatic rings. The number of benzene rings is 1. The van der Waals surface area contributed by atoms with Gasteiger partial charge in [0.25, 0.3) is 0 Å². The van der Waals surface area contributed by atoms with Gasteiger partial charge in [-0.25, -0.2) is 0 Å². The minimum absolute atomic E-state index is 0.517. The maximum atomic E-state index is 6.14. The monoisotopic (exact) mass is 278 g/mol. The van der Waals surface area contributed by atoms with E-state index in [0.29, 0.717) is 17.7 Å². The summed E-state index contributed by atoms with van der Waals surface area (Å²) in [5, 5.41) is 5.02. The molecular formula is C15H19ClN2O. The van der Waals surface area contributed by atoms with Crippen LogP contribution in [-0.2, 0) is 0 Å². The van der Waals surface area contributed by atoms with Crippen molar-refractivity contribution in [1.82, 2.24) is 10.3 Å². The average Bonchev–Trinajstić information content (AvgIpc) is 2.45. The number of hydrogen-bond donors (Lipinski definition) is 1. The van der Waals surface area contributed by atoms with Crippen LogP contribution in [-0.4, -0.2) is 24.2 Å². The van der Waals surface area contributed by atoms with E-state index in [1.54, 1.807) is 6.20 Å². The lowest BCUT2D eigenvalue weighted by molar-refractivity contribution is 0.309. The van der Waals surface area contributed by atoms with Crippen LogP contribution in [0.1, 0.15) is 20.3 Å². The molecule has 102 valence electrons. The minimum atomic E-state index is 0.517. The van der Waals surface area contributed by atoms with E-state index in [4.69, 9.17) is 16.3 Å². The van der Waals surface area contributed by atoms with Crippen LogP contribution < -0.4 is 10.1 Å². The summed E-state index contributed by atoms with van der Waals surface area (Å²) >= 11 is 6.14. The molecule has 1 N–H and O–H groups in total. The van der Waals surface area contributed by atoms with Gasteiger partial charge >= 0.3 is 0 Å². The molecule has 0 saturated heterocycles. The largest absolute Gasteiger partial charge is 0.490 e. The molecule has 0 radical (unpaired) electrons. The summed E-state index contributed by atoms with van der Waals surface area (Å²) in [6, 6.07) is 8.07. The summed E-state index contributed by atoms with van der Waals surface area (Å²) in [5.74, 6) is 0.783. The van der Waals surface area contributed by atoms with E-state index in [1.165, 1.54) is 0 Å². The van der Waals surface area contributed by atoms with Gasteiger partial charge in [0, 0.05) is 24.2 Å². The predicted octanol–water partition coefficient (Wildman–Crippen LogP) is 3.66. The molecule has 1 aromatic heterocycles. The number of ether oxygens (including phenoxy) is 1. The second-order valence-electron chi connectivity index (χ2n) is 4.56. The van der Waals surface area contributed by atoms with Crippen molar-refractivity contribution in [2.75, 3.05) is 13.2 Å². The van der Waals surface area contributed by atoms with E-state index < -0.39 is 0 Å². The number of nitrogens with zero attached hydrogens (tertiary/aromatic N) is 1. The zero-order valence-corrected chi connectivity index (χ0v) is 12.1. The van der Waals surface area contributed by atoms with Gasteiger partial charge in [0.15, 0.2) is 0 Å². The molecule has 19 heavy (non-hydrogen) atoms. The Morgan fingerprint density at radius 1 is 1.37 bits per heavy atom. The van der Waals surface area contributed by atoms with Gasteiger partial charge in [-0.05, 0) is 37.6 Å². The molecule has 1 heterocycles. The van der Waals surface area contributed by atoms with Crippen LogP contribution >= 0.6 is 11.6 Å². The van der Waals surface area contributed by atoms with Crippen molar-refractivity contribution < 1.29 is 4.74 Å². The number of halogens is 1. The van der Waals surface area contributed by atoms with Gasteiger partial charge in [0.05, 0.1) is 5.02 Å². The van der Waals surface area contributed by atoms with E-state index in [2.05, 4.69) is 24.1 Å². The molecule has 0 aliphatic carbocycles. The topological polar surface area (TPSA) is 34.1 Å². The SMILES string of the molecule is CCC(C)NCCOc1ccc(Cl)c2cccnc12. The van der Waals surface area contributed by atoms with Gasteiger partial charge in [-0.3, -0.25) is 4.98 Å². The number of nitrogens with one attached hydrogen (secondary N) is 1. The summed E-state index contributed by atoms with van der Waals surface area (Å²) < 4.78 is 5.79. The van der Waals surface area contributed by atoms with Crippen LogP contribution in [0.4, 0.5) is 0 Å². The van der Waals surface area contributed by atoms with Crippen LogP contribution in [0.5, 0.6) is 5.75 Å². The van der Waals surface area contributed by atoms with Crippen molar-refractivity contribution in [1.29, 1.82) is 0 Å². The van der Waals surface area contributed by atoms with E-state index in [-0.39, 0.29) is 0 Å². The Hall–Kier alpha value is -1.32. The average molecular weight is 279 g/mol. The lowest BCUT2D eigenvalue weighted by Gasteiger charge is -2.13. The fourth-order valence-corrected chi connectivity index (χ4v) is 2.05. The lowest BCUT2D eigenvalue weighted by atomic mass is 10.2.